The van der Waals surface area contributed by atoms with Crippen molar-refractivity contribution < 1.29 is 9.53 Å². The Morgan fingerprint density at radius 1 is 1.33 bits per heavy atom. The normalized spacial score (nSPS) is 15.0. The Hall–Kier alpha value is -1.31. The van der Waals surface area contributed by atoms with Crippen molar-refractivity contribution in [1.82, 2.24) is 0 Å². The van der Waals surface area contributed by atoms with Crippen LogP contribution in [0, 0.1) is 5.92 Å². The summed E-state index contributed by atoms with van der Waals surface area (Å²) in [4.78, 5) is 11.0. The van der Waals surface area contributed by atoms with Gasteiger partial charge in [0.25, 0.3) is 0 Å². The fourth-order valence-corrected chi connectivity index (χ4v) is 2.08. The molecule has 0 atom stereocenters. The van der Waals surface area contributed by atoms with Gasteiger partial charge in [-0.3, -0.25) is 4.79 Å². The molecule has 0 N–H and O–H groups in total. The Morgan fingerprint density at radius 2 is 1.93 bits per heavy atom. The highest BCUT2D eigenvalue weighted by Gasteiger charge is 2.21. The molecule has 15 heavy (non-hydrogen) atoms. The van der Waals surface area contributed by atoms with E-state index in [-0.39, 0.29) is 5.97 Å². The highest BCUT2D eigenvalue weighted by molar-refractivity contribution is 5.68. The van der Waals surface area contributed by atoms with E-state index < -0.39 is 0 Å². The lowest BCUT2D eigenvalue weighted by Crippen LogP contribution is -2.13. The van der Waals surface area contributed by atoms with Gasteiger partial charge in [-0.15, -0.1) is 0 Å². The van der Waals surface area contributed by atoms with Crippen LogP contribution in [-0.4, -0.2) is 12.6 Å². The van der Waals surface area contributed by atoms with Gasteiger partial charge in [-0.1, -0.05) is 31.2 Å². The molecule has 0 fully saturated rings. The van der Waals surface area contributed by atoms with Gasteiger partial charge in [0.2, 0.25) is 0 Å². The highest BCUT2D eigenvalue weighted by atomic mass is 16.5. The number of carbonyl (C=O) groups is 1. The van der Waals surface area contributed by atoms with Crippen molar-refractivity contribution >= 4 is 5.97 Å². The first-order chi connectivity index (χ1) is 7.29. The topological polar surface area (TPSA) is 26.3 Å². The van der Waals surface area contributed by atoms with Crippen LogP contribution in [0.5, 0.6) is 0 Å². The molecule has 0 aromatic heterocycles. The smallest absolute Gasteiger partial charge is 0.305 e. The number of benzene rings is 1. The zero-order valence-electron chi connectivity index (χ0n) is 9.03. The fourth-order valence-electron chi connectivity index (χ4n) is 2.08. The van der Waals surface area contributed by atoms with Gasteiger partial charge in [-0.05, 0) is 24.0 Å². The molecular formula is C13H16O2. The standard InChI is InChI=1S/C13H16O2/c1-2-13(14)15-9-10-7-11-5-3-4-6-12(11)8-10/h3-6,10H,2,7-9H2,1H3. The monoisotopic (exact) mass is 204 g/mol. The third-order valence-corrected chi connectivity index (χ3v) is 2.90. The van der Waals surface area contributed by atoms with E-state index in [1.807, 2.05) is 6.92 Å². The summed E-state index contributed by atoms with van der Waals surface area (Å²) in [5, 5.41) is 0. The largest absolute Gasteiger partial charge is 0.465 e. The first-order valence-electron chi connectivity index (χ1n) is 5.52. The van der Waals surface area contributed by atoms with Crippen molar-refractivity contribution in [3.63, 3.8) is 0 Å². The van der Waals surface area contributed by atoms with E-state index in [4.69, 9.17) is 4.74 Å². The van der Waals surface area contributed by atoms with Gasteiger partial charge in [0.15, 0.2) is 0 Å². The zero-order valence-corrected chi connectivity index (χ0v) is 9.03. The molecule has 0 radical (unpaired) electrons. The molecule has 2 heteroatoms. The summed E-state index contributed by atoms with van der Waals surface area (Å²) in [6.07, 6.45) is 2.57. The molecule has 0 saturated heterocycles. The van der Waals surface area contributed by atoms with Gasteiger partial charge in [0, 0.05) is 12.3 Å². The Labute approximate surface area is 90.3 Å². The second-order valence-corrected chi connectivity index (χ2v) is 4.08. The van der Waals surface area contributed by atoms with Crippen molar-refractivity contribution in [3.8, 4) is 0 Å². The molecule has 2 nitrogen and oxygen atoms in total. The van der Waals surface area contributed by atoms with Gasteiger partial charge in [-0.25, -0.2) is 0 Å². The SMILES string of the molecule is CCC(=O)OCC1Cc2ccccc2C1. The maximum Gasteiger partial charge on any atom is 0.305 e. The average molecular weight is 204 g/mol. The molecule has 0 spiro atoms. The molecule has 1 aliphatic carbocycles. The molecule has 0 unspecified atom stereocenters. The zero-order chi connectivity index (χ0) is 10.7. The minimum atomic E-state index is -0.0917. The summed E-state index contributed by atoms with van der Waals surface area (Å²) < 4.78 is 5.17. The quantitative estimate of drug-likeness (QED) is 0.706. The number of ether oxygens (including phenoxy) is 1. The summed E-state index contributed by atoms with van der Waals surface area (Å²) >= 11 is 0. The summed E-state index contributed by atoms with van der Waals surface area (Å²) in [6, 6.07) is 8.46. The van der Waals surface area contributed by atoms with Crippen LogP contribution in [0.4, 0.5) is 0 Å². The summed E-state index contributed by atoms with van der Waals surface area (Å²) in [5.41, 5.74) is 2.82. The Bertz CT molecular complexity index is 332. The van der Waals surface area contributed by atoms with E-state index in [1.165, 1.54) is 11.1 Å². The third kappa shape index (κ3) is 2.38. The van der Waals surface area contributed by atoms with Crippen molar-refractivity contribution in [1.29, 1.82) is 0 Å². The van der Waals surface area contributed by atoms with E-state index in [2.05, 4.69) is 24.3 Å². The van der Waals surface area contributed by atoms with Gasteiger partial charge < -0.3 is 4.74 Å². The fraction of sp³-hybridized carbons (Fsp3) is 0.462. The molecule has 0 saturated carbocycles. The van der Waals surface area contributed by atoms with Crippen molar-refractivity contribution in [2.24, 2.45) is 5.92 Å². The number of hydrogen-bond donors (Lipinski definition) is 0. The van der Waals surface area contributed by atoms with Crippen molar-refractivity contribution in [2.75, 3.05) is 6.61 Å². The van der Waals surface area contributed by atoms with E-state index in [9.17, 15) is 4.79 Å². The lowest BCUT2D eigenvalue weighted by atomic mass is 10.1. The number of fused-ring (bicyclic) bond motifs is 1. The molecule has 80 valence electrons. The van der Waals surface area contributed by atoms with Crippen LogP contribution >= 0.6 is 0 Å². The number of carbonyl (C=O) groups excluding carboxylic acids is 1. The van der Waals surface area contributed by atoms with Gasteiger partial charge >= 0.3 is 5.97 Å². The first kappa shape index (κ1) is 10.2. The first-order valence-corrected chi connectivity index (χ1v) is 5.52. The summed E-state index contributed by atoms with van der Waals surface area (Å²) in [6.45, 7) is 2.40. The van der Waals surface area contributed by atoms with Crippen LogP contribution in [0.25, 0.3) is 0 Å². The highest BCUT2D eigenvalue weighted by Crippen LogP contribution is 2.26. The lowest BCUT2D eigenvalue weighted by molar-refractivity contribution is -0.144. The van der Waals surface area contributed by atoms with E-state index in [0.717, 1.165) is 12.8 Å². The molecular weight excluding hydrogens is 188 g/mol. The molecule has 2 rings (SSSR count). The van der Waals surface area contributed by atoms with Crippen LogP contribution in [-0.2, 0) is 22.4 Å². The number of hydrogen-bond acceptors (Lipinski definition) is 2. The Kier molecular flexibility index (Phi) is 3.05. The van der Waals surface area contributed by atoms with Crippen molar-refractivity contribution in [3.05, 3.63) is 35.4 Å². The number of esters is 1. The second kappa shape index (κ2) is 4.47. The minimum absolute atomic E-state index is 0.0917. The summed E-state index contributed by atoms with van der Waals surface area (Å²) in [5.74, 6) is 0.392. The van der Waals surface area contributed by atoms with Crippen LogP contribution in [0.15, 0.2) is 24.3 Å². The van der Waals surface area contributed by atoms with Gasteiger partial charge in [0.1, 0.15) is 0 Å². The third-order valence-electron chi connectivity index (χ3n) is 2.90. The minimum Gasteiger partial charge on any atom is -0.465 e. The molecule has 0 bridgehead atoms. The number of rotatable bonds is 3. The average Bonchev–Trinajstić information content (AvgIpc) is 2.68. The Morgan fingerprint density at radius 3 is 2.47 bits per heavy atom. The molecule has 0 aliphatic heterocycles. The van der Waals surface area contributed by atoms with Crippen LogP contribution in [0.3, 0.4) is 0 Å². The maximum absolute atomic E-state index is 11.0. The van der Waals surface area contributed by atoms with Gasteiger partial charge in [0.05, 0.1) is 6.61 Å². The van der Waals surface area contributed by atoms with E-state index >= 15 is 0 Å². The van der Waals surface area contributed by atoms with Gasteiger partial charge in [-0.2, -0.15) is 0 Å². The molecule has 1 aliphatic rings. The van der Waals surface area contributed by atoms with E-state index in [1.54, 1.807) is 0 Å². The molecule has 1 aromatic carbocycles. The maximum atomic E-state index is 11.0. The molecule has 1 aromatic rings. The molecule has 0 amide bonds. The Balaban J connectivity index is 1.88. The van der Waals surface area contributed by atoms with Crippen LogP contribution < -0.4 is 0 Å². The van der Waals surface area contributed by atoms with Crippen LogP contribution in [0.1, 0.15) is 24.5 Å². The lowest BCUT2D eigenvalue weighted by Gasteiger charge is -2.08. The molecule has 0 heterocycles. The van der Waals surface area contributed by atoms with Crippen molar-refractivity contribution in [2.45, 2.75) is 26.2 Å². The van der Waals surface area contributed by atoms with Crippen LogP contribution in [0.2, 0.25) is 0 Å². The second-order valence-electron chi connectivity index (χ2n) is 4.08. The van der Waals surface area contributed by atoms with E-state index in [0.29, 0.717) is 18.9 Å². The summed E-state index contributed by atoms with van der Waals surface area (Å²) in [7, 11) is 0. The predicted octanol–water partition coefficient (Wildman–Crippen LogP) is 2.35. The predicted molar refractivity (Wildman–Crippen MR) is 58.6 cm³/mol.